The van der Waals surface area contributed by atoms with E-state index in [-0.39, 0.29) is 12.5 Å². The lowest BCUT2D eigenvalue weighted by molar-refractivity contribution is -0.120. The smallest absolute Gasteiger partial charge is 0.265 e. The lowest BCUT2D eigenvalue weighted by Crippen LogP contribution is -2.16. The van der Waals surface area contributed by atoms with Gasteiger partial charge in [0.2, 0.25) is 0 Å². The minimum Gasteiger partial charge on any atom is -0.494 e. The van der Waals surface area contributed by atoms with Gasteiger partial charge in [0.25, 0.3) is 5.91 Å². The second-order valence-electron chi connectivity index (χ2n) is 4.54. The SMILES string of the molecule is CCOc1ccc(NC(=O)CO/N=C\c2ccccc2Br)cc1. The Labute approximate surface area is 143 Å². The number of rotatable bonds is 7. The number of carbonyl (C=O) groups is 1. The lowest BCUT2D eigenvalue weighted by atomic mass is 10.2. The maximum Gasteiger partial charge on any atom is 0.265 e. The first-order valence-electron chi connectivity index (χ1n) is 7.11. The third kappa shape index (κ3) is 5.75. The molecule has 0 spiro atoms. The van der Waals surface area contributed by atoms with Crippen LogP contribution in [0.15, 0.2) is 58.2 Å². The van der Waals surface area contributed by atoms with Crippen molar-refractivity contribution < 1.29 is 14.4 Å². The number of hydrogen-bond donors (Lipinski definition) is 1. The Morgan fingerprint density at radius 1 is 1.22 bits per heavy atom. The van der Waals surface area contributed by atoms with Crippen molar-refractivity contribution in [2.24, 2.45) is 5.16 Å². The first-order valence-corrected chi connectivity index (χ1v) is 7.91. The Kier molecular flexibility index (Phi) is 6.62. The van der Waals surface area contributed by atoms with E-state index in [1.54, 1.807) is 30.5 Å². The summed E-state index contributed by atoms with van der Waals surface area (Å²) in [5, 5.41) is 6.51. The standard InChI is InChI=1S/C17H17BrN2O3/c1-2-22-15-9-7-14(8-10-15)20-17(21)12-23-19-11-13-5-3-4-6-16(13)18/h3-11H,2,12H2,1H3,(H,20,21)/b19-11-. The van der Waals surface area contributed by atoms with Crippen LogP contribution in [0, 0.1) is 0 Å². The van der Waals surface area contributed by atoms with Crippen molar-refractivity contribution in [1.82, 2.24) is 0 Å². The van der Waals surface area contributed by atoms with E-state index < -0.39 is 0 Å². The number of hydrogen-bond acceptors (Lipinski definition) is 4. The predicted molar refractivity (Wildman–Crippen MR) is 93.9 cm³/mol. The number of halogens is 1. The van der Waals surface area contributed by atoms with E-state index in [1.165, 1.54) is 0 Å². The topological polar surface area (TPSA) is 59.9 Å². The van der Waals surface area contributed by atoms with Crippen molar-refractivity contribution in [3.05, 3.63) is 58.6 Å². The van der Waals surface area contributed by atoms with Crippen LogP contribution in [-0.4, -0.2) is 25.3 Å². The molecule has 0 atom stereocenters. The van der Waals surface area contributed by atoms with Gasteiger partial charge < -0.3 is 14.9 Å². The number of carbonyl (C=O) groups excluding carboxylic acids is 1. The molecule has 0 aliphatic heterocycles. The van der Waals surface area contributed by atoms with Gasteiger partial charge in [-0.3, -0.25) is 4.79 Å². The van der Waals surface area contributed by atoms with Gasteiger partial charge in [-0.1, -0.05) is 39.3 Å². The van der Waals surface area contributed by atoms with Crippen molar-refractivity contribution in [3.63, 3.8) is 0 Å². The van der Waals surface area contributed by atoms with Gasteiger partial charge in [-0.2, -0.15) is 0 Å². The highest BCUT2D eigenvalue weighted by Gasteiger charge is 2.03. The fraction of sp³-hybridized carbons (Fsp3) is 0.176. The summed E-state index contributed by atoms with van der Waals surface area (Å²) in [6.45, 7) is 2.37. The molecule has 2 rings (SSSR count). The third-order valence-corrected chi connectivity index (χ3v) is 3.54. The van der Waals surface area contributed by atoms with Gasteiger partial charge in [-0.15, -0.1) is 0 Å². The number of nitrogens with zero attached hydrogens (tertiary/aromatic N) is 1. The summed E-state index contributed by atoms with van der Waals surface area (Å²) in [7, 11) is 0. The molecule has 0 unspecified atom stereocenters. The average Bonchev–Trinajstić information content (AvgIpc) is 2.55. The van der Waals surface area contributed by atoms with Crippen LogP contribution in [-0.2, 0) is 9.63 Å². The Morgan fingerprint density at radius 3 is 2.65 bits per heavy atom. The van der Waals surface area contributed by atoms with Crippen LogP contribution in [0.4, 0.5) is 5.69 Å². The summed E-state index contributed by atoms with van der Waals surface area (Å²) in [6.07, 6.45) is 1.55. The molecule has 0 bridgehead atoms. The molecular formula is C17H17BrN2O3. The summed E-state index contributed by atoms with van der Waals surface area (Å²) < 4.78 is 6.25. The van der Waals surface area contributed by atoms with Gasteiger partial charge in [-0.25, -0.2) is 0 Å². The summed E-state index contributed by atoms with van der Waals surface area (Å²) in [6, 6.07) is 14.7. The maximum absolute atomic E-state index is 11.8. The Morgan fingerprint density at radius 2 is 1.96 bits per heavy atom. The highest BCUT2D eigenvalue weighted by Crippen LogP contribution is 2.15. The predicted octanol–water partition coefficient (Wildman–Crippen LogP) is 3.84. The Hall–Kier alpha value is -2.34. The summed E-state index contributed by atoms with van der Waals surface area (Å²) in [5.41, 5.74) is 1.55. The Balaban J connectivity index is 1.78. The molecule has 0 radical (unpaired) electrons. The van der Waals surface area contributed by atoms with Gasteiger partial charge in [0.1, 0.15) is 5.75 Å². The molecular weight excluding hydrogens is 360 g/mol. The fourth-order valence-corrected chi connectivity index (χ4v) is 2.16. The monoisotopic (exact) mass is 376 g/mol. The third-order valence-electron chi connectivity index (χ3n) is 2.82. The molecule has 6 heteroatoms. The number of nitrogens with one attached hydrogen (secondary N) is 1. The van der Waals surface area contributed by atoms with Crippen LogP contribution < -0.4 is 10.1 Å². The van der Waals surface area contributed by atoms with Crippen LogP contribution in [0.5, 0.6) is 5.75 Å². The van der Waals surface area contributed by atoms with Crippen LogP contribution >= 0.6 is 15.9 Å². The lowest BCUT2D eigenvalue weighted by Gasteiger charge is -2.06. The van der Waals surface area contributed by atoms with Crippen LogP contribution in [0.3, 0.4) is 0 Å². The molecule has 0 saturated carbocycles. The molecule has 2 aromatic rings. The molecule has 2 aromatic carbocycles. The van der Waals surface area contributed by atoms with E-state index in [2.05, 4.69) is 26.4 Å². The van der Waals surface area contributed by atoms with Crippen LogP contribution in [0.2, 0.25) is 0 Å². The van der Waals surface area contributed by atoms with Gasteiger partial charge in [0.05, 0.1) is 12.8 Å². The minimum atomic E-state index is -0.279. The zero-order valence-electron chi connectivity index (χ0n) is 12.7. The average molecular weight is 377 g/mol. The molecule has 23 heavy (non-hydrogen) atoms. The van der Waals surface area contributed by atoms with E-state index in [9.17, 15) is 4.79 Å². The highest BCUT2D eigenvalue weighted by molar-refractivity contribution is 9.10. The van der Waals surface area contributed by atoms with Gasteiger partial charge in [-0.05, 0) is 37.3 Å². The van der Waals surface area contributed by atoms with Crippen LogP contribution in [0.1, 0.15) is 12.5 Å². The second kappa shape index (κ2) is 8.95. The number of oxime groups is 1. The zero-order valence-corrected chi connectivity index (χ0v) is 14.2. The number of ether oxygens (including phenoxy) is 1. The first kappa shape index (κ1) is 17.0. The Bertz CT molecular complexity index is 672. The van der Waals surface area contributed by atoms with Gasteiger partial charge in [0.15, 0.2) is 6.61 Å². The van der Waals surface area contributed by atoms with E-state index in [0.717, 1.165) is 15.8 Å². The highest BCUT2D eigenvalue weighted by atomic mass is 79.9. The molecule has 0 saturated heterocycles. The van der Waals surface area contributed by atoms with Crippen molar-refractivity contribution in [2.45, 2.75) is 6.92 Å². The molecule has 0 aliphatic rings. The summed E-state index contributed by atoms with van der Waals surface area (Å²) in [4.78, 5) is 16.8. The molecule has 5 nitrogen and oxygen atoms in total. The number of amides is 1. The largest absolute Gasteiger partial charge is 0.494 e. The molecule has 120 valence electrons. The van der Waals surface area contributed by atoms with Crippen molar-refractivity contribution >= 4 is 33.7 Å². The zero-order chi connectivity index (χ0) is 16.5. The van der Waals surface area contributed by atoms with E-state index in [1.807, 2.05) is 31.2 Å². The summed E-state index contributed by atoms with van der Waals surface area (Å²) >= 11 is 3.40. The molecule has 0 aromatic heterocycles. The summed E-state index contributed by atoms with van der Waals surface area (Å²) in [5.74, 6) is 0.484. The molecule has 1 N–H and O–H groups in total. The normalized spacial score (nSPS) is 10.5. The second-order valence-corrected chi connectivity index (χ2v) is 5.39. The van der Waals surface area contributed by atoms with Crippen molar-refractivity contribution in [2.75, 3.05) is 18.5 Å². The van der Waals surface area contributed by atoms with E-state index in [0.29, 0.717) is 12.3 Å². The number of benzene rings is 2. The first-order chi connectivity index (χ1) is 11.2. The molecule has 0 heterocycles. The van der Waals surface area contributed by atoms with Crippen molar-refractivity contribution in [3.8, 4) is 5.75 Å². The number of anilines is 1. The van der Waals surface area contributed by atoms with E-state index >= 15 is 0 Å². The van der Waals surface area contributed by atoms with E-state index in [4.69, 9.17) is 9.57 Å². The minimum absolute atomic E-state index is 0.159. The van der Waals surface area contributed by atoms with Crippen LogP contribution in [0.25, 0.3) is 0 Å². The maximum atomic E-state index is 11.8. The van der Waals surface area contributed by atoms with Gasteiger partial charge in [0, 0.05) is 15.7 Å². The molecule has 0 aliphatic carbocycles. The fourth-order valence-electron chi connectivity index (χ4n) is 1.77. The quantitative estimate of drug-likeness (QED) is 0.589. The molecule has 0 fully saturated rings. The van der Waals surface area contributed by atoms with Crippen molar-refractivity contribution in [1.29, 1.82) is 0 Å². The molecule has 1 amide bonds. The van der Waals surface area contributed by atoms with Gasteiger partial charge >= 0.3 is 0 Å².